The van der Waals surface area contributed by atoms with Crippen LogP contribution in [-0.4, -0.2) is 119 Å². The minimum atomic E-state index is -1.88. The number of hydrogen-bond donors (Lipinski definition) is 1. The summed E-state index contributed by atoms with van der Waals surface area (Å²) in [6, 6.07) is 0. The summed E-state index contributed by atoms with van der Waals surface area (Å²) in [7, 11) is 1.11. The molecule has 0 aliphatic heterocycles. The third-order valence-electron chi connectivity index (χ3n) is 5.24. The Labute approximate surface area is 254 Å². The lowest BCUT2D eigenvalue weighted by Gasteiger charge is -2.46. The Kier molecular flexibility index (Phi) is 15.8. The van der Waals surface area contributed by atoms with Crippen LogP contribution in [0.3, 0.4) is 0 Å². The summed E-state index contributed by atoms with van der Waals surface area (Å²) in [5.41, 5.74) is -0.875. The van der Waals surface area contributed by atoms with Gasteiger partial charge in [0.05, 0.1) is 26.4 Å². The van der Waals surface area contributed by atoms with Crippen molar-refractivity contribution in [2.24, 2.45) is 0 Å². The van der Waals surface area contributed by atoms with Crippen molar-refractivity contribution in [1.29, 1.82) is 0 Å². The zero-order valence-corrected chi connectivity index (χ0v) is 25.9. The monoisotopic (exact) mass is 639 g/mol. The number of carbonyl (C=O) groups is 6. The molecule has 18 heteroatoms. The Balaban J connectivity index is 3.65. The molecule has 18 nitrogen and oxygen atoms in total. The first-order valence-corrected chi connectivity index (χ1v) is 13.7. The maximum Gasteiger partial charge on any atom is 0.508 e. The molecular formula is C26H41NO17. The summed E-state index contributed by atoms with van der Waals surface area (Å²) in [6.45, 7) is 9.41. The van der Waals surface area contributed by atoms with Crippen molar-refractivity contribution in [2.45, 2.75) is 90.7 Å². The summed E-state index contributed by atoms with van der Waals surface area (Å²) in [5, 5.41) is 2.20. The molecular weight excluding hydrogens is 598 g/mol. The van der Waals surface area contributed by atoms with E-state index in [0.29, 0.717) is 0 Å². The van der Waals surface area contributed by atoms with Crippen molar-refractivity contribution in [3.8, 4) is 0 Å². The van der Waals surface area contributed by atoms with Crippen LogP contribution in [0.2, 0.25) is 0 Å². The Hall–Kier alpha value is -4.22. The van der Waals surface area contributed by atoms with Gasteiger partial charge in [-0.3, -0.25) is 4.79 Å². The Morgan fingerprint density at radius 1 is 0.545 bits per heavy atom. The fourth-order valence-corrected chi connectivity index (χ4v) is 3.76. The van der Waals surface area contributed by atoms with E-state index in [1.165, 1.54) is 27.7 Å². The molecule has 1 fully saturated rings. The zero-order valence-electron chi connectivity index (χ0n) is 25.9. The molecule has 0 aromatic rings. The lowest BCUT2D eigenvalue weighted by atomic mass is 9.83. The maximum absolute atomic E-state index is 12.9. The summed E-state index contributed by atoms with van der Waals surface area (Å²) in [4.78, 5) is 74.9. The molecule has 0 spiro atoms. The lowest BCUT2D eigenvalue weighted by molar-refractivity contribution is -0.246. The number of alkyl carbamates (subject to hydrolysis) is 1. The summed E-state index contributed by atoms with van der Waals surface area (Å²) >= 11 is 0. The van der Waals surface area contributed by atoms with E-state index in [2.05, 4.69) is 5.32 Å². The molecule has 1 aliphatic carbocycles. The van der Waals surface area contributed by atoms with Gasteiger partial charge < -0.3 is 57.4 Å². The lowest BCUT2D eigenvalue weighted by Crippen LogP contribution is -2.69. The van der Waals surface area contributed by atoms with Crippen LogP contribution in [0.5, 0.6) is 0 Å². The van der Waals surface area contributed by atoms with Gasteiger partial charge in [0.15, 0.2) is 30.5 Å². The molecule has 6 atom stereocenters. The van der Waals surface area contributed by atoms with Gasteiger partial charge in [-0.05, 0) is 48.5 Å². The van der Waals surface area contributed by atoms with Crippen LogP contribution in [0.15, 0.2) is 0 Å². The van der Waals surface area contributed by atoms with Crippen LogP contribution in [0.4, 0.5) is 24.0 Å². The number of hydrogen-bond acceptors (Lipinski definition) is 17. The number of esters is 1. The molecule has 1 rings (SSSR count). The van der Waals surface area contributed by atoms with Gasteiger partial charge in [0.25, 0.3) is 0 Å². The van der Waals surface area contributed by atoms with Gasteiger partial charge in [0.1, 0.15) is 18.2 Å². The van der Waals surface area contributed by atoms with E-state index < -0.39 is 85.5 Å². The summed E-state index contributed by atoms with van der Waals surface area (Å²) in [5.74, 6) is -1.12. The van der Waals surface area contributed by atoms with Crippen molar-refractivity contribution >= 4 is 36.7 Å². The molecule has 0 aromatic carbocycles. The molecule has 1 saturated carbocycles. The highest BCUT2D eigenvalue weighted by Gasteiger charge is 2.61. The van der Waals surface area contributed by atoms with Crippen molar-refractivity contribution in [3.63, 3.8) is 0 Å². The second kappa shape index (κ2) is 18.4. The summed E-state index contributed by atoms with van der Waals surface area (Å²) < 4.78 is 56.9. The number of methoxy groups -OCH3 is 1. The van der Waals surface area contributed by atoms with Crippen molar-refractivity contribution in [2.75, 3.05) is 40.1 Å². The molecule has 0 radical (unpaired) electrons. The fraction of sp³-hybridized carbons (Fsp3) is 0.769. The molecule has 1 amide bonds. The van der Waals surface area contributed by atoms with E-state index in [4.69, 9.17) is 52.1 Å². The number of amides is 1. The predicted octanol–water partition coefficient (Wildman–Crippen LogP) is 2.62. The smallest absolute Gasteiger partial charge is 0.454 e. The van der Waals surface area contributed by atoms with Gasteiger partial charge in [-0.1, -0.05) is 0 Å². The van der Waals surface area contributed by atoms with E-state index >= 15 is 0 Å². The van der Waals surface area contributed by atoms with E-state index in [9.17, 15) is 28.8 Å². The first-order valence-electron chi connectivity index (χ1n) is 13.7. The molecule has 0 aromatic heterocycles. The predicted molar refractivity (Wildman–Crippen MR) is 142 cm³/mol. The maximum atomic E-state index is 12.9. The van der Waals surface area contributed by atoms with Crippen LogP contribution in [0, 0.1) is 0 Å². The standard InChI is InChI=1S/C26H41NO17/c1-9-35-22(30)40-17-15(34-8)16(39-14(28)13-27-21(29)44-26(5,6)7)18(41-23(31)36-10-2)20(43-25(33)38-12-4)19(17)42-24(32)37-11-3/h15-20H,9-13H2,1-8H3,(H,27,29). The minimum absolute atomic E-state index is 0.126. The Bertz CT molecular complexity index is 980. The van der Waals surface area contributed by atoms with E-state index in [1.807, 2.05) is 0 Å². The molecule has 0 bridgehead atoms. The molecule has 1 N–H and O–H groups in total. The normalized spacial score (nSPS) is 22.7. The largest absolute Gasteiger partial charge is 0.508 e. The van der Waals surface area contributed by atoms with Crippen molar-refractivity contribution < 1.29 is 80.9 Å². The van der Waals surface area contributed by atoms with Gasteiger partial charge in [0, 0.05) is 7.11 Å². The highest BCUT2D eigenvalue weighted by Crippen LogP contribution is 2.35. The second-order valence-electron chi connectivity index (χ2n) is 9.57. The summed E-state index contributed by atoms with van der Waals surface area (Å²) in [6.07, 6.45) is -16.8. The van der Waals surface area contributed by atoms with Gasteiger partial charge in [0.2, 0.25) is 0 Å². The van der Waals surface area contributed by atoms with Gasteiger partial charge in [-0.2, -0.15) is 0 Å². The molecule has 44 heavy (non-hydrogen) atoms. The number of carbonyl (C=O) groups excluding carboxylic acids is 6. The molecule has 0 heterocycles. The molecule has 0 saturated heterocycles. The first-order chi connectivity index (χ1) is 20.7. The van der Waals surface area contributed by atoms with Gasteiger partial charge in [-0.15, -0.1) is 0 Å². The number of ether oxygens (including phenoxy) is 11. The van der Waals surface area contributed by atoms with E-state index in [1.54, 1.807) is 20.8 Å². The molecule has 6 unspecified atom stereocenters. The van der Waals surface area contributed by atoms with Crippen LogP contribution < -0.4 is 5.32 Å². The molecule has 1 aliphatic rings. The average Bonchev–Trinajstić information content (AvgIpc) is 2.91. The molecule has 252 valence electrons. The van der Waals surface area contributed by atoms with E-state index in [-0.39, 0.29) is 26.4 Å². The SMILES string of the molecule is CCOC(=O)OC1C(OC)C(OC(=O)CNC(=O)OC(C)(C)C)C(OC(=O)OCC)C(OC(=O)OCC)C1OC(=O)OCC. The van der Waals surface area contributed by atoms with Gasteiger partial charge >= 0.3 is 36.7 Å². The topological polar surface area (TPSA) is 216 Å². The highest BCUT2D eigenvalue weighted by molar-refractivity contribution is 5.78. The number of nitrogens with one attached hydrogen (secondary N) is 1. The highest BCUT2D eigenvalue weighted by atomic mass is 16.8. The van der Waals surface area contributed by atoms with Crippen LogP contribution in [0.1, 0.15) is 48.5 Å². The van der Waals surface area contributed by atoms with Gasteiger partial charge in [-0.25, -0.2) is 24.0 Å². The van der Waals surface area contributed by atoms with Crippen LogP contribution in [-0.2, 0) is 56.9 Å². The fourth-order valence-electron chi connectivity index (χ4n) is 3.76. The zero-order chi connectivity index (χ0) is 33.4. The second-order valence-corrected chi connectivity index (χ2v) is 9.57. The van der Waals surface area contributed by atoms with E-state index in [0.717, 1.165) is 7.11 Å². The average molecular weight is 640 g/mol. The van der Waals surface area contributed by atoms with Crippen LogP contribution >= 0.6 is 0 Å². The van der Waals surface area contributed by atoms with Crippen molar-refractivity contribution in [1.82, 2.24) is 5.32 Å². The Morgan fingerprint density at radius 3 is 1.16 bits per heavy atom. The van der Waals surface area contributed by atoms with Crippen LogP contribution in [0.25, 0.3) is 0 Å². The quantitative estimate of drug-likeness (QED) is 0.240. The third kappa shape index (κ3) is 12.6. The Morgan fingerprint density at radius 2 is 0.864 bits per heavy atom. The third-order valence-corrected chi connectivity index (χ3v) is 5.24. The first kappa shape index (κ1) is 37.8. The van der Waals surface area contributed by atoms with Crippen molar-refractivity contribution in [3.05, 3.63) is 0 Å². The number of rotatable bonds is 12. The minimum Gasteiger partial charge on any atom is -0.454 e.